The normalized spacial score (nSPS) is 13.7. The van der Waals surface area contributed by atoms with Crippen LogP contribution >= 0.6 is 0 Å². The third kappa shape index (κ3) is 4.66. The molecule has 1 aromatic rings. The molecule has 0 radical (unpaired) electrons. The molecule has 0 saturated heterocycles. The minimum absolute atomic E-state index is 0.00148. The van der Waals surface area contributed by atoms with Crippen molar-refractivity contribution in [2.45, 2.75) is 26.1 Å². The van der Waals surface area contributed by atoms with Crippen molar-refractivity contribution in [2.24, 2.45) is 0 Å². The zero-order chi connectivity index (χ0) is 13.8. The Morgan fingerprint density at radius 3 is 2.39 bits per heavy atom. The molecule has 1 aromatic carbocycles. The van der Waals surface area contributed by atoms with Gasteiger partial charge in [-0.2, -0.15) is 13.2 Å². The van der Waals surface area contributed by atoms with Crippen molar-refractivity contribution in [1.29, 1.82) is 0 Å². The maximum absolute atomic E-state index is 12.0. The van der Waals surface area contributed by atoms with Gasteiger partial charge in [0.05, 0.1) is 12.6 Å². The van der Waals surface area contributed by atoms with Crippen molar-refractivity contribution in [3.8, 4) is 0 Å². The number of halogens is 3. The van der Waals surface area contributed by atoms with Crippen LogP contribution in [0.25, 0.3) is 0 Å². The van der Waals surface area contributed by atoms with Crippen LogP contribution in [0.1, 0.15) is 22.7 Å². The summed E-state index contributed by atoms with van der Waals surface area (Å²) in [6.07, 6.45) is -4.28. The van der Waals surface area contributed by atoms with E-state index in [4.69, 9.17) is 0 Å². The fourth-order valence-electron chi connectivity index (χ4n) is 1.62. The molecule has 18 heavy (non-hydrogen) atoms. The van der Waals surface area contributed by atoms with Gasteiger partial charge in [-0.15, -0.1) is 0 Å². The summed E-state index contributed by atoms with van der Waals surface area (Å²) >= 11 is 0. The Labute approximate surface area is 105 Å². The Kier molecular flexibility index (Phi) is 5.16. The Hall–Kier alpha value is -1.07. The molecular formula is C13H18F3NO. The molecular weight excluding hydrogens is 243 g/mol. The fraction of sp³-hybridized carbons (Fsp3) is 0.538. The number of aryl methyl sites for hydroxylation is 2. The summed E-state index contributed by atoms with van der Waals surface area (Å²) in [5.41, 5.74) is 3.20. The average molecular weight is 261 g/mol. The van der Waals surface area contributed by atoms with Gasteiger partial charge >= 0.3 is 6.18 Å². The largest absolute Gasteiger partial charge is 0.411 e. The van der Waals surface area contributed by atoms with E-state index in [1.165, 1.54) is 0 Å². The van der Waals surface area contributed by atoms with E-state index in [0.717, 1.165) is 16.7 Å². The number of ether oxygens (including phenoxy) is 1. The molecule has 102 valence electrons. The van der Waals surface area contributed by atoms with Gasteiger partial charge in [-0.3, -0.25) is 0 Å². The van der Waals surface area contributed by atoms with Crippen molar-refractivity contribution in [3.63, 3.8) is 0 Å². The monoisotopic (exact) mass is 261 g/mol. The molecule has 0 aliphatic rings. The van der Waals surface area contributed by atoms with E-state index >= 15 is 0 Å². The summed E-state index contributed by atoms with van der Waals surface area (Å²) in [5.74, 6) is 0. The van der Waals surface area contributed by atoms with Crippen molar-refractivity contribution in [2.75, 3.05) is 20.3 Å². The van der Waals surface area contributed by atoms with Gasteiger partial charge in [-0.1, -0.05) is 18.2 Å². The maximum Gasteiger partial charge on any atom is 0.411 e. The smallest absolute Gasteiger partial charge is 0.370 e. The van der Waals surface area contributed by atoms with E-state index in [2.05, 4.69) is 10.1 Å². The molecule has 0 heterocycles. The van der Waals surface area contributed by atoms with E-state index in [1.54, 1.807) is 7.05 Å². The minimum Gasteiger partial charge on any atom is -0.370 e. The molecule has 0 aromatic heterocycles. The second kappa shape index (κ2) is 6.20. The van der Waals surface area contributed by atoms with Crippen molar-refractivity contribution < 1.29 is 17.9 Å². The van der Waals surface area contributed by atoms with E-state index in [1.807, 2.05) is 32.0 Å². The minimum atomic E-state index is -4.28. The van der Waals surface area contributed by atoms with Crippen LogP contribution in [0.15, 0.2) is 18.2 Å². The van der Waals surface area contributed by atoms with Crippen LogP contribution < -0.4 is 5.32 Å². The molecule has 1 atom stereocenters. The van der Waals surface area contributed by atoms with Gasteiger partial charge in [-0.25, -0.2) is 0 Å². The quantitative estimate of drug-likeness (QED) is 0.879. The van der Waals surface area contributed by atoms with Gasteiger partial charge in [0.15, 0.2) is 0 Å². The molecule has 0 saturated carbocycles. The molecule has 0 aliphatic carbocycles. The summed E-state index contributed by atoms with van der Waals surface area (Å²) < 4.78 is 40.6. The molecule has 0 fully saturated rings. The zero-order valence-electron chi connectivity index (χ0n) is 10.8. The van der Waals surface area contributed by atoms with Gasteiger partial charge in [0.1, 0.15) is 6.61 Å². The van der Waals surface area contributed by atoms with Crippen LogP contribution in [-0.2, 0) is 4.74 Å². The summed E-state index contributed by atoms with van der Waals surface area (Å²) in [7, 11) is 1.71. The van der Waals surface area contributed by atoms with Gasteiger partial charge in [-0.05, 0) is 37.6 Å². The Morgan fingerprint density at radius 2 is 1.89 bits per heavy atom. The first kappa shape index (κ1) is 15.0. The fourth-order valence-corrected chi connectivity index (χ4v) is 1.62. The molecule has 0 amide bonds. The highest BCUT2D eigenvalue weighted by molar-refractivity contribution is 5.31. The number of benzene rings is 1. The van der Waals surface area contributed by atoms with Gasteiger partial charge in [0.25, 0.3) is 0 Å². The second-order valence-electron chi connectivity index (χ2n) is 4.32. The second-order valence-corrected chi connectivity index (χ2v) is 4.32. The van der Waals surface area contributed by atoms with Crippen LogP contribution in [0.2, 0.25) is 0 Å². The lowest BCUT2D eigenvalue weighted by atomic mass is 10.0. The molecule has 0 bridgehead atoms. The van der Waals surface area contributed by atoms with Crippen LogP contribution in [0, 0.1) is 13.8 Å². The topological polar surface area (TPSA) is 21.3 Å². The predicted molar refractivity (Wildman–Crippen MR) is 64.6 cm³/mol. The van der Waals surface area contributed by atoms with Crippen LogP contribution in [0.3, 0.4) is 0 Å². The summed E-state index contributed by atoms with van der Waals surface area (Å²) in [6.45, 7) is 2.75. The third-order valence-corrected chi connectivity index (χ3v) is 2.83. The van der Waals surface area contributed by atoms with Gasteiger partial charge in [0.2, 0.25) is 0 Å². The molecule has 0 aliphatic heterocycles. The van der Waals surface area contributed by atoms with E-state index in [-0.39, 0.29) is 12.6 Å². The number of hydrogen-bond donors (Lipinski definition) is 1. The Bertz CT molecular complexity index is 390. The lowest BCUT2D eigenvalue weighted by Crippen LogP contribution is -2.25. The first-order valence-electron chi connectivity index (χ1n) is 5.72. The predicted octanol–water partition coefficient (Wildman–Crippen LogP) is 3.14. The standard InChI is InChI=1S/C13H18F3NO/c1-9-4-5-11(6-10(9)2)12(17-3)7-18-8-13(14,15)16/h4-6,12,17H,7-8H2,1-3H3. The van der Waals surface area contributed by atoms with Crippen molar-refractivity contribution in [3.05, 3.63) is 34.9 Å². The van der Waals surface area contributed by atoms with Crippen LogP contribution in [-0.4, -0.2) is 26.4 Å². The van der Waals surface area contributed by atoms with Crippen LogP contribution in [0.5, 0.6) is 0 Å². The third-order valence-electron chi connectivity index (χ3n) is 2.83. The van der Waals surface area contributed by atoms with E-state index < -0.39 is 12.8 Å². The Morgan fingerprint density at radius 1 is 1.22 bits per heavy atom. The zero-order valence-corrected chi connectivity index (χ0v) is 10.8. The molecule has 1 N–H and O–H groups in total. The van der Waals surface area contributed by atoms with Crippen molar-refractivity contribution in [1.82, 2.24) is 5.32 Å². The highest BCUT2D eigenvalue weighted by Crippen LogP contribution is 2.19. The van der Waals surface area contributed by atoms with Crippen molar-refractivity contribution >= 4 is 0 Å². The highest BCUT2D eigenvalue weighted by Gasteiger charge is 2.27. The van der Waals surface area contributed by atoms with Gasteiger partial charge < -0.3 is 10.1 Å². The van der Waals surface area contributed by atoms with Crippen LogP contribution in [0.4, 0.5) is 13.2 Å². The number of nitrogens with one attached hydrogen (secondary N) is 1. The molecule has 0 spiro atoms. The average Bonchev–Trinajstić information content (AvgIpc) is 2.27. The lowest BCUT2D eigenvalue weighted by molar-refractivity contribution is -0.175. The number of alkyl halides is 3. The SMILES string of the molecule is CNC(COCC(F)(F)F)c1ccc(C)c(C)c1. The van der Waals surface area contributed by atoms with E-state index in [9.17, 15) is 13.2 Å². The number of likely N-dealkylation sites (N-methyl/N-ethyl adjacent to an activating group) is 1. The molecule has 2 nitrogen and oxygen atoms in total. The first-order valence-corrected chi connectivity index (χ1v) is 5.72. The lowest BCUT2D eigenvalue weighted by Gasteiger charge is -2.18. The molecule has 1 unspecified atom stereocenters. The van der Waals surface area contributed by atoms with Gasteiger partial charge in [0, 0.05) is 0 Å². The number of rotatable bonds is 5. The maximum atomic E-state index is 12.0. The number of hydrogen-bond acceptors (Lipinski definition) is 2. The highest BCUT2D eigenvalue weighted by atomic mass is 19.4. The van der Waals surface area contributed by atoms with E-state index in [0.29, 0.717) is 0 Å². The Balaban J connectivity index is 2.63. The summed E-state index contributed by atoms with van der Waals surface area (Å²) in [5, 5.41) is 2.96. The summed E-state index contributed by atoms with van der Waals surface area (Å²) in [4.78, 5) is 0. The molecule has 5 heteroatoms. The first-order chi connectivity index (χ1) is 8.33. The summed E-state index contributed by atoms with van der Waals surface area (Å²) in [6, 6.07) is 5.60. The molecule has 1 rings (SSSR count).